The largest absolute Gasteiger partial charge is 0.336 e. The van der Waals surface area contributed by atoms with E-state index in [9.17, 15) is 4.79 Å². The molecule has 3 heteroatoms. The molecule has 0 radical (unpaired) electrons. The van der Waals surface area contributed by atoms with Crippen molar-refractivity contribution in [3.63, 3.8) is 0 Å². The second kappa shape index (κ2) is 9.05. The molecule has 0 N–H and O–H groups in total. The number of hydrogen-bond acceptors (Lipinski definition) is 2. The van der Waals surface area contributed by atoms with Crippen molar-refractivity contribution in [2.45, 2.75) is 102 Å². The molecule has 0 bridgehead atoms. The molecule has 0 spiro atoms. The smallest absolute Gasteiger partial charge is 0.237 e. The normalized spacial score (nSPS) is 25.9. The fourth-order valence-corrected chi connectivity index (χ4v) is 4.99. The molecule has 3 fully saturated rings. The predicted octanol–water partition coefficient (Wildman–Crippen LogP) is 4.36. The maximum absolute atomic E-state index is 13.2. The lowest BCUT2D eigenvalue weighted by Gasteiger charge is -2.42. The molecule has 0 aromatic carbocycles. The fraction of sp³-hybridized carbons (Fsp3) is 0.950. The van der Waals surface area contributed by atoms with E-state index >= 15 is 0 Å². The second-order valence-corrected chi connectivity index (χ2v) is 8.08. The Morgan fingerprint density at radius 1 is 0.696 bits per heavy atom. The molecule has 1 saturated heterocycles. The van der Waals surface area contributed by atoms with Crippen molar-refractivity contribution < 1.29 is 4.79 Å². The molecule has 0 aromatic heterocycles. The van der Waals surface area contributed by atoms with Gasteiger partial charge in [0.05, 0.1) is 6.54 Å². The van der Waals surface area contributed by atoms with Gasteiger partial charge in [-0.15, -0.1) is 0 Å². The number of rotatable bonds is 4. The summed E-state index contributed by atoms with van der Waals surface area (Å²) in [6, 6.07) is 1.10. The highest BCUT2D eigenvalue weighted by atomic mass is 16.2. The minimum Gasteiger partial charge on any atom is -0.336 e. The molecule has 0 atom stereocenters. The van der Waals surface area contributed by atoms with E-state index in [0.717, 1.165) is 13.1 Å². The first kappa shape index (κ1) is 17.3. The number of nitrogens with zero attached hydrogens (tertiary/aromatic N) is 2. The Labute approximate surface area is 142 Å². The summed E-state index contributed by atoms with van der Waals surface area (Å²) in [5.74, 6) is 0.450. The van der Waals surface area contributed by atoms with Gasteiger partial charge in [-0.3, -0.25) is 9.69 Å². The molecule has 132 valence electrons. The van der Waals surface area contributed by atoms with Crippen molar-refractivity contribution >= 4 is 5.91 Å². The molecule has 1 heterocycles. The third-order valence-corrected chi connectivity index (χ3v) is 6.28. The van der Waals surface area contributed by atoms with Gasteiger partial charge < -0.3 is 4.90 Å². The third kappa shape index (κ3) is 4.95. The van der Waals surface area contributed by atoms with Crippen LogP contribution in [0, 0.1) is 0 Å². The Morgan fingerprint density at radius 2 is 1.13 bits per heavy atom. The molecule has 3 aliphatic rings. The van der Waals surface area contributed by atoms with Gasteiger partial charge in [0.25, 0.3) is 0 Å². The van der Waals surface area contributed by atoms with Crippen LogP contribution in [0.2, 0.25) is 0 Å². The minimum absolute atomic E-state index is 0.450. The fourth-order valence-electron chi connectivity index (χ4n) is 4.99. The van der Waals surface area contributed by atoms with E-state index < -0.39 is 0 Å². The van der Waals surface area contributed by atoms with Crippen LogP contribution in [0.1, 0.15) is 89.9 Å². The summed E-state index contributed by atoms with van der Waals surface area (Å²) in [4.78, 5) is 18.0. The van der Waals surface area contributed by atoms with Crippen molar-refractivity contribution in [2.24, 2.45) is 0 Å². The van der Waals surface area contributed by atoms with Gasteiger partial charge in [0.1, 0.15) is 0 Å². The molecule has 2 aliphatic carbocycles. The van der Waals surface area contributed by atoms with E-state index in [-0.39, 0.29) is 0 Å². The summed E-state index contributed by atoms with van der Waals surface area (Å²) in [5.41, 5.74) is 0. The predicted molar refractivity (Wildman–Crippen MR) is 95.5 cm³/mol. The number of carbonyl (C=O) groups excluding carboxylic acids is 1. The summed E-state index contributed by atoms with van der Waals surface area (Å²) in [6.07, 6.45) is 18.3. The first-order valence-electron chi connectivity index (χ1n) is 10.4. The average Bonchev–Trinajstić information content (AvgIpc) is 2.86. The topological polar surface area (TPSA) is 23.6 Å². The summed E-state index contributed by atoms with van der Waals surface area (Å²) >= 11 is 0. The number of hydrogen-bond donors (Lipinski definition) is 0. The zero-order valence-corrected chi connectivity index (χ0v) is 15.0. The van der Waals surface area contributed by atoms with Crippen LogP contribution in [0.4, 0.5) is 0 Å². The first-order valence-corrected chi connectivity index (χ1v) is 10.4. The molecular formula is C20H36N2O. The number of carbonyl (C=O) groups is 1. The molecule has 0 aromatic rings. The van der Waals surface area contributed by atoms with Crippen LogP contribution in [0.15, 0.2) is 0 Å². The summed E-state index contributed by atoms with van der Waals surface area (Å²) in [7, 11) is 0. The molecule has 1 aliphatic heterocycles. The van der Waals surface area contributed by atoms with Crippen LogP contribution in [-0.2, 0) is 4.79 Å². The second-order valence-electron chi connectivity index (χ2n) is 8.08. The molecular weight excluding hydrogens is 284 g/mol. The van der Waals surface area contributed by atoms with Gasteiger partial charge in [-0.05, 0) is 51.6 Å². The summed E-state index contributed by atoms with van der Waals surface area (Å²) < 4.78 is 0. The van der Waals surface area contributed by atoms with Gasteiger partial charge in [-0.25, -0.2) is 0 Å². The Bertz CT molecular complexity index is 333. The standard InChI is InChI=1S/C20H36N2O/c23-20(17-21-15-9-1-2-10-16-21)22(18-11-5-3-6-12-18)19-13-7-4-8-14-19/h18-19H,1-17H2. The lowest BCUT2D eigenvalue weighted by atomic mass is 9.88. The third-order valence-electron chi connectivity index (χ3n) is 6.28. The minimum atomic E-state index is 0.450. The highest BCUT2D eigenvalue weighted by molar-refractivity contribution is 5.79. The average molecular weight is 321 g/mol. The van der Waals surface area contributed by atoms with Crippen molar-refractivity contribution in [2.75, 3.05) is 19.6 Å². The lowest BCUT2D eigenvalue weighted by Crippen LogP contribution is -2.52. The summed E-state index contributed by atoms with van der Waals surface area (Å²) in [6.45, 7) is 2.96. The van der Waals surface area contributed by atoms with E-state index in [0.29, 0.717) is 24.5 Å². The zero-order valence-electron chi connectivity index (χ0n) is 15.0. The maximum Gasteiger partial charge on any atom is 0.237 e. The van der Waals surface area contributed by atoms with Gasteiger partial charge in [0.2, 0.25) is 5.91 Å². The van der Waals surface area contributed by atoms with Gasteiger partial charge >= 0.3 is 0 Å². The number of likely N-dealkylation sites (tertiary alicyclic amines) is 1. The van der Waals surface area contributed by atoms with E-state index in [1.165, 1.54) is 89.9 Å². The molecule has 2 saturated carbocycles. The van der Waals surface area contributed by atoms with E-state index in [2.05, 4.69) is 9.80 Å². The van der Waals surface area contributed by atoms with Crippen molar-refractivity contribution in [3.05, 3.63) is 0 Å². The molecule has 23 heavy (non-hydrogen) atoms. The quantitative estimate of drug-likeness (QED) is 0.768. The van der Waals surface area contributed by atoms with Crippen LogP contribution in [0.5, 0.6) is 0 Å². The first-order chi connectivity index (χ1) is 11.3. The summed E-state index contributed by atoms with van der Waals surface area (Å²) in [5, 5.41) is 0. The van der Waals surface area contributed by atoms with E-state index in [4.69, 9.17) is 0 Å². The van der Waals surface area contributed by atoms with E-state index in [1.807, 2.05) is 0 Å². The van der Waals surface area contributed by atoms with Gasteiger partial charge in [0.15, 0.2) is 0 Å². The van der Waals surface area contributed by atoms with Gasteiger partial charge in [-0.2, -0.15) is 0 Å². The molecule has 3 nitrogen and oxygen atoms in total. The molecule has 1 amide bonds. The number of amides is 1. The van der Waals surface area contributed by atoms with Crippen molar-refractivity contribution in [1.82, 2.24) is 9.80 Å². The van der Waals surface area contributed by atoms with Crippen LogP contribution < -0.4 is 0 Å². The Kier molecular flexibility index (Phi) is 6.79. The van der Waals surface area contributed by atoms with Crippen LogP contribution in [0.25, 0.3) is 0 Å². The Hall–Kier alpha value is -0.570. The highest BCUT2D eigenvalue weighted by Gasteiger charge is 2.32. The zero-order chi connectivity index (χ0) is 15.9. The molecule has 0 unspecified atom stereocenters. The van der Waals surface area contributed by atoms with Gasteiger partial charge in [0, 0.05) is 12.1 Å². The van der Waals surface area contributed by atoms with E-state index in [1.54, 1.807) is 0 Å². The Balaban J connectivity index is 1.63. The van der Waals surface area contributed by atoms with Crippen LogP contribution >= 0.6 is 0 Å². The van der Waals surface area contributed by atoms with Crippen molar-refractivity contribution in [3.8, 4) is 0 Å². The van der Waals surface area contributed by atoms with Crippen LogP contribution in [-0.4, -0.2) is 47.4 Å². The maximum atomic E-state index is 13.2. The Morgan fingerprint density at radius 3 is 1.61 bits per heavy atom. The van der Waals surface area contributed by atoms with Gasteiger partial charge in [-0.1, -0.05) is 51.4 Å². The monoisotopic (exact) mass is 320 g/mol. The lowest BCUT2D eigenvalue weighted by molar-refractivity contribution is -0.139. The SMILES string of the molecule is O=C(CN1CCCCCC1)N(C1CCCCC1)C1CCCCC1. The highest BCUT2D eigenvalue weighted by Crippen LogP contribution is 2.30. The molecule has 3 rings (SSSR count). The van der Waals surface area contributed by atoms with Crippen LogP contribution in [0.3, 0.4) is 0 Å². The van der Waals surface area contributed by atoms with Crippen molar-refractivity contribution in [1.29, 1.82) is 0 Å².